The number of aromatic hydroxyl groups is 1. The Kier molecular flexibility index (Phi) is 9.70. The number of nitrogens with one attached hydrogen (secondary N) is 2. The molecule has 0 unspecified atom stereocenters. The van der Waals surface area contributed by atoms with Crippen molar-refractivity contribution in [2.45, 2.75) is 25.0 Å². The number of nitriles is 1. The van der Waals surface area contributed by atoms with E-state index in [0.717, 1.165) is 0 Å². The minimum Gasteiger partial charge on any atom is -0.504 e. The van der Waals surface area contributed by atoms with Gasteiger partial charge in [0.25, 0.3) is 5.91 Å². The Hall–Kier alpha value is -4.07. The van der Waals surface area contributed by atoms with Crippen molar-refractivity contribution in [2.75, 3.05) is 19.5 Å². The lowest BCUT2D eigenvalue weighted by molar-refractivity contribution is -0.124. The van der Waals surface area contributed by atoms with Crippen LogP contribution in [-0.4, -0.2) is 42.6 Å². The number of phenolic OH excluding ortho intramolecular Hbond substituents is 1. The van der Waals surface area contributed by atoms with E-state index in [4.69, 9.17) is 24.7 Å². The second-order valence-electron chi connectivity index (χ2n) is 6.80. The molecule has 0 aliphatic carbocycles. The summed E-state index contributed by atoms with van der Waals surface area (Å²) >= 11 is 0. The maximum absolute atomic E-state index is 12.6. The number of methoxy groups -OCH3 is 2. The highest BCUT2D eigenvalue weighted by molar-refractivity contribution is 5.86. The fourth-order valence-electron chi connectivity index (χ4n) is 3.01. The molecule has 33 heavy (non-hydrogen) atoms. The van der Waals surface area contributed by atoms with Crippen LogP contribution in [0.15, 0.2) is 54.6 Å². The molecule has 10 nitrogen and oxygen atoms in total. The molecule has 0 radical (unpaired) electrons. The zero-order chi connectivity index (χ0) is 24.2. The molecule has 0 spiro atoms. The first-order valence-corrected chi connectivity index (χ1v) is 9.90. The average Bonchev–Trinajstić information content (AvgIpc) is 2.83. The number of anilines is 1. The summed E-state index contributed by atoms with van der Waals surface area (Å²) < 4.78 is 16.2. The first kappa shape index (κ1) is 25.2. The summed E-state index contributed by atoms with van der Waals surface area (Å²) in [5.74, 6) is -0.546. The summed E-state index contributed by atoms with van der Waals surface area (Å²) in [4.78, 5) is 23.7. The summed E-state index contributed by atoms with van der Waals surface area (Å²) in [7, 11) is 2.87. The van der Waals surface area contributed by atoms with Gasteiger partial charge in [-0.2, -0.15) is 5.26 Å². The van der Waals surface area contributed by atoms with Crippen LogP contribution in [0.25, 0.3) is 0 Å². The highest BCUT2D eigenvalue weighted by Gasteiger charge is 2.28. The second kappa shape index (κ2) is 12.7. The van der Waals surface area contributed by atoms with Crippen molar-refractivity contribution < 1.29 is 34.1 Å². The number of allylic oxidation sites excluding steroid dienone is 1. The number of phenols is 1. The van der Waals surface area contributed by atoms with Gasteiger partial charge < -0.3 is 19.3 Å². The Labute approximate surface area is 191 Å². The van der Waals surface area contributed by atoms with Gasteiger partial charge in [0.15, 0.2) is 17.6 Å². The smallest absolute Gasteiger partial charge is 0.412 e. The number of amides is 2. The molecule has 0 heterocycles. The SMILES string of the molecule is COc1ccc([C@H](OC(=O)Nc2ccc(C#N)cc2)[C@H](CC/C=C/C(=O)NO)OC)cc1O. The van der Waals surface area contributed by atoms with E-state index < -0.39 is 24.2 Å². The number of ether oxygens (including phenoxy) is 3. The number of carbonyl (C=O) groups excluding carboxylic acids is 2. The summed E-state index contributed by atoms with van der Waals surface area (Å²) in [6, 6.07) is 12.8. The Balaban J connectivity index is 2.21. The molecule has 10 heteroatoms. The van der Waals surface area contributed by atoms with Gasteiger partial charge in [0, 0.05) is 18.9 Å². The van der Waals surface area contributed by atoms with Crippen molar-refractivity contribution in [2.24, 2.45) is 0 Å². The summed E-state index contributed by atoms with van der Waals surface area (Å²) in [6.07, 6.45) is 1.13. The molecule has 0 saturated carbocycles. The monoisotopic (exact) mass is 455 g/mol. The summed E-state index contributed by atoms with van der Waals surface area (Å²) in [6.45, 7) is 0. The van der Waals surface area contributed by atoms with Crippen LogP contribution in [0.5, 0.6) is 11.5 Å². The predicted molar refractivity (Wildman–Crippen MR) is 118 cm³/mol. The van der Waals surface area contributed by atoms with E-state index in [0.29, 0.717) is 29.7 Å². The summed E-state index contributed by atoms with van der Waals surface area (Å²) in [5.41, 5.74) is 2.84. The van der Waals surface area contributed by atoms with E-state index in [1.54, 1.807) is 30.3 Å². The second-order valence-corrected chi connectivity index (χ2v) is 6.80. The molecule has 2 rings (SSSR count). The fourth-order valence-corrected chi connectivity index (χ4v) is 3.01. The van der Waals surface area contributed by atoms with Crippen LogP contribution in [0, 0.1) is 11.3 Å². The lowest BCUT2D eigenvalue weighted by Crippen LogP contribution is -2.28. The topological polar surface area (TPSA) is 150 Å². The third-order valence-corrected chi connectivity index (χ3v) is 4.66. The van der Waals surface area contributed by atoms with Gasteiger partial charge in [0.1, 0.15) is 0 Å². The third-order valence-electron chi connectivity index (χ3n) is 4.66. The largest absolute Gasteiger partial charge is 0.504 e. The molecule has 174 valence electrons. The molecule has 2 aromatic carbocycles. The van der Waals surface area contributed by atoms with E-state index in [2.05, 4.69) is 5.32 Å². The Morgan fingerprint density at radius 2 is 1.91 bits per heavy atom. The number of hydroxylamine groups is 1. The van der Waals surface area contributed by atoms with Crippen molar-refractivity contribution in [3.8, 4) is 17.6 Å². The standard InChI is InChI=1S/C23H25N3O7/c1-31-19-12-9-16(13-18(19)27)22(20(32-2)5-3-4-6-21(28)26-30)33-23(29)25-17-10-7-15(14-24)8-11-17/h4,6-13,20,22,27,30H,3,5H2,1-2H3,(H,25,29)(H,26,28)/b6-4+/t20-,22-/m0/s1. The molecule has 0 bridgehead atoms. The van der Waals surface area contributed by atoms with Gasteiger partial charge in [0.2, 0.25) is 0 Å². The first-order valence-electron chi connectivity index (χ1n) is 9.90. The minimum atomic E-state index is -0.912. The minimum absolute atomic E-state index is 0.134. The van der Waals surface area contributed by atoms with Crippen LogP contribution in [0.1, 0.15) is 30.1 Å². The van der Waals surface area contributed by atoms with Crippen molar-refractivity contribution in [1.29, 1.82) is 5.26 Å². The van der Waals surface area contributed by atoms with Gasteiger partial charge in [-0.1, -0.05) is 12.1 Å². The number of rotatable bonds is 10. The van der Waals surface area contributed by atoms with Crippen LogP contribution in [0.3, 0.4) is 0 Å². The zero-order valence-corrected chi connectivity index (χ0v) is 18.1. The molecule has 2 atom stereocenters. The molecule has 0 saturated heterocycles. The molecule has 0 aliphatic heterocycles. The number of hydrogen-bond acceptors (Lipinski definition) is 8. The van der Waals surface area contributed by atoms with E-state index >= 15 is 0 Å². The Morgan fingerprint density at radius 3 is 2.48 bits per heavy atom. The van der Waals surface area contributed by atoms with Crippen molar-refractivity contribution in [3.63, 3.8) is 0 Å². The van der Waals surface area contributed by atoms with Crippen molar-refractivity contribution in [1.82, 2.24) is 5.48 Å². The maximum atomic E-state index is 12.6. The van der Waals surface area contributed by atoms with Crippen LogP contribution in [0.4, 0.5) is 10.5 Å². The number of carbonyl (C=O) groups is 2. The maximum Gasteiger partial charge on any atom is 0.412 e. The fraction of sp³-hybridized carbons (Fsp3) is 0.261. The molecular formula is C23H25N3O7. The molecule has 2 aromatic rings. The van der Waals surface area contributed by atoms with Crippen molar-refractivity contribution >= 4 is 17.7 Å². The van der Waals surface area contributed by atoms with Gasteiger partial charge in [-0.15, -0.1) is 0 Å². The molecular weight excluding hydrogens is 430 g/mol. The number of benzene rings is 2. The highest BCUT2D eigenvalue weighted by atomic mass is 16.6. The van der Waals surface area contributed by atoms with Crippen LogP contribution >= 0.6 is 0 Å². The van der Waals surface area contributed by atoms with E-state index in [-0.39, 0.29) is 11.5 Å². The molecule has 0 fully saturated rings. The normalized spacial score (nSPS) is 12.4. The average molecular weight is 455 g/mol. The van der Waals surface area contributed by atoms with E-state index in [1.165, 1.54) is 44.0 Å². The molecule has 0 aliphatic rings. The Bertz CT molecular complexity index is 1020. The molecule has 2 amide bonds. The van der Waals surface area contributed by atoms with Gasteiger partial charge in [0.05, 0.1) is 24.8 Å². The van der Waals surface area contributed by atoms with Gasteiger partial charge in [-0.05, 0) is 54.8 Å². The van der Waals surface area contributed by atoms with Crippen LogP contribution in [-0.2, 0) is 14.3 Å². The van der Waals surface area contributed by atoms with Crippen molar-refractivity contribution in [3.05, 3.63) is 65.7 Å². The third kappa shape index (κ3) is 7.53. The lowest BCUT2D eigenvalue weighted by atomic mass is 9.99. The first-order chi connectivity index (χ1) is 15.9. The van der Waals surface area contributed by atoms with Gasteiger partial charge in [-0.3, -0.25) is 15.3 Å². The Morgan fingerprint density at radius 1 is 1.18 bits per heavy atom. The zero-order valence-electron chi connectivity index (χ0n) is 18.1. The lowest BCUT2D eigenvalue weighted by Gasteiger charge is -2.26. The predicted octanol–water partition coefficient (Wildman–Crippen LogP) is 3.42. The van der Waals surface area contributed by atoms with E-state index in [9.17, 15) is 14.7 Å². The van der Waals surface area contributed by atoms with Crippen LogP contribution < -0.4 is 15.5 Å². The highest BCUT2D eigenvalue weighted by Crippen LogP contribution is 2.33. The molecule has 0 aromatic heterocycles. The van der Waals surface area contributed by atoms with E-state index in [1.807, 2.05) is 6.07 Å². The van der Waals surface area contributed by atoms with Gasteiger partial charge >= 0.3 is 6.09 Å². The number of nitrogens with zero attached hydrogens (tertiary/aromatic N) is 1. The summed E-state index contributed by atoms with van der Waals surface area (Å²) in [5, 5.41) is 30.2. The van der Waals surface area contributed by atoms with Gasteiger partial charge in [-0.25, -0.2) is 10.3 Å². The van der Waals surface area contributed by atoms with Crippen LogP contribution in [0.2, 0.25) is 0 Å². The molecule has 4 N–H and O–H groups in total. The quantitative estimate of drug-likeness (QED) is 0.242. The number of hydrogen-bond donors (Lipinski definition) is 4.